The first-order valence-corrected chi connectivity index (χ1v) is 6.80. The summed E-state index contributed by atoms with van der Waals surface area (Å²) in [5, 5.41) is 0.661. The molecule has 1 atom stereocenters. The van der Waals surface area contributed by atoms with E-state index in [1.54, 1.807) is 0 Å². The first kappa shape index (κ1) is 13.2. The maximum Gasteiger partial charge on any atom is 0.201 e. The Morgan fingerprint density at radius 3 is 2.67 bits per heavy atom. The molecular weight excluding hydrogens is 246 g/mol. The number of fused-ring (bicyclic) bond motifs is 1. The van der Waals surface area contributed by atoms with Gasteiger partial charge in [0.15, 0.2) is 0 Å². The molecule has 0 bridgehead atoms. The summed E-state index contributed by atoms with van der Waals surface area (Å²) < 4.78 is 2.09. The fourth-order valence-corrected chi connectivity index (χ4v) is 2.48. The normalized spacial score (nSPS) is 13.4. The van der Waals surface area contributed by atoms with Crippen LogP contribution in [0, 0.1) is 5.92 Å². The van der Waals surface area contributed by atoms with Crippen LogP contribution in [0.2, 0.25) is 5.02 Å². The highest BCUT2D eigenvalue weighted by Crippen LogP contribution is 2.29. The van der Waals surface area contributed by atoms with Crippen molar-refractivity contribution in [2.45, 2.75) is 39.7 Å². The number of para-hydroxylation sites is 1. The van der Waals surface area contributed by atoms with Gasteiger partial charge in [0.25, 0.3) is 0 Å². The van der Waals surface area contributed by atoms with E-state index in [0.29, 0.717) is 22.9 Å². The molecule has 0 aliphatic heterocycles. The van der Waals surface area contributed by atoms with Gasteiger partial charge in [0.1, 0.15) is 5.52 Å². The minimum Gasteiger partial charge on any atom is -0.369 e. The number of hydrogen-bond acceptors (Lipinski definition) is 2. The van der Waals surface area contributed by atoms with E-state index in [1.807, 2.05) is 18.2 Å². The Morgan fingerprint density at radius 2 is 2.00 bits per heavy atom. The number of hydrogen-bond donors (Lipinski definition) is 1. The standard InChI is InChI=1S/C14H20ClN3/c1-9(2)7-8-10(3)18-12-6-4-5-11(15)13(12)17-14(18)16/h4-6,9-10H,7-8H2,1-3H3,(H2,16,17). The number of nitrogen functional groups attached to an aromatic ring is 1. The maximum absolute atomic E-state index is 6.14. The molecule has 0 radical (unpaired) electrons. The molecule has 2 N–H and O–H groups in total. The van der Waals surface area contributed by atoms with E-state index in [4.69, 9.17) is 17.3 Å². The van der Waals surface area contributed by atoms with Gasteiger partial charge in [-0.3, -0.25) is 0 Å². The second-order valence-corrected chi connectivity index (χ2v) is 5.67. The molecule has 98 valence electrons. The number of halogens is 1. The summed E-state index contributed by atoms with van der Waals surface area (Å²) in [7, 11) is 0. The summed E-state index contributed by atoms with van der Waals surface area (Å²) in [6, 6.07) is 6.16. The Bertz CT molecular complexity index is 545. The number of aromatic nitrogens is 2. The van der Waals surface area contributed by atoms with Gasteiger partial charge >= 0.3 is 0 Å². The molecule has 0 saturated carbocycles. The number of benzene rings is 1. The number of nitrogens with two attached hydrogens (primary N) is 1. The molecule has 4 heteroatoms. The quantitative estimate of drug-likeness (QED) is 0.897. The van der Waals surface area contributed by atoms with E-state index in [1.165, 1.54) is 6.42 Å². The van der Waals surface area contributed by atoms with Crippen LogP contribution >= 0.6 is 11.6 Å². The first-order chi connectivity index (χ1) is 8.50. The Balaban J connectivity index is 2.38. The second-order valence-electron chi connectivity index (χ2n) is 5.27. The molecule has 2 rings (SSSR count). The van der Waals surface area contributed by atoms with Crippen molar-refractivity contribution in [2.24, 2.45) is 5.92 Å². The highest BCUT2D eigenvalue weighted by atomic mass is 35.5. The lowest BCUT2D eigenvalue weighted by Crippen LogP contribution is -2.09. The minimum atomic E-state index is 0.343. The van der Waals surface area contributed by atoms with E-state index in [2.05, 4.69) is 30.3 Å². The van der Waals surface area contributed by atoms with Gasteiger partial charge in [0, 0.05) is 6.04 Å². The van der Waals surface area contributed by atoms with Crippen molar-refractivity contribution < 1.29 is 0 Å². The molecule has 0 amide bonds. The third-order valence-electron chi connectivity index (χ3n) is 3.30. The summed E-state index contributed by atoms with van der Waals surface area (Å²) in [5.74, 6) is 1.25. The van der Waals surface area contributed by atoms with Crippen LogP contribution in [-0.2, 0) is 0 Å². The number of nitrogens with zero attached hydrogens (tertiary/aromatic N) is 2. The van der Waals surface area contributed by atoms with Crippen molar-refractivity contribution >= 4 is 28.6 Å². The summed E-state index contributed by atoms with van der Waals surface area (Å²) in [6.07, 6.45) is 2.28. The number of rotatable bonds is 4. The van der Waals surface area contributed by atoms with Crippen LogP contribution < -0.4 is 5.73 Å². The largest absolute Gasteiger partial charge is 0.369 e. The Hall–Kier alpha value is -1.22. The van der Waals surface area contributed by atoms with Crippen molar-refractivity contribution in [3.8, 4) is 0 Å². The molecule has 0 saturated heterocycles. The Morgan fingerprint density at radius 1 is 1.28 bits per heavy atom. The molecule has 0 spiro atoms. The molecule has 3 nitrogen and oxygen atoms in total. The van der Waals surface area contributed by atoms with Crippen molar-refractivity contribution in [3.63, 3.8) is 0 Å². The zero-order chi connectivity index (χ0) is 13.3. The molecule has 1 aromatic carbocycles. The predicted octanol–water partition coefficient (Wildman–Crippen LogP) is 4.27. The summed E-state index contributed by atoms with van der Waals surface area (Å²) in [6.45, 7) is 6.65. The van der Waals surface area contributed by atoms with Gasteiger partial charge in [0.05, 0.1) is 10.5 Å². The lowest BCUT2D eigenvalue weighted by atomic mass is 10.0. The smallest absolute Gasteiger partial charge is 0.201 e. The lowest BCUT2D eigenvalue weighted by Gasteiger charge is -2.17. The molecule has 1 unspecified atom stereocenters. The maximum atomic E-state index is 6.14. The van der Waals surface area contributed by atoms with E-state index in [0.717, 1.165) is 17.5 Å². The molecule has 1 heterocycles. The van der Waals surface area contributed by atoms with E-state index in [-0.39, 0.29) is 0 Å². The fourth-order valence-electron chi connectivity index (χ4n) is 2.27. The van der Waals surface area contributed by atoms with Crippen molar-refractivity contribution in [2.75, 3.05) is 5.73 Å². The van der Waals surface area contributed by atoms with Crippen LogP contribution in [0.3, 0.4) is 0 Å². The first-order valence-electron chi connectivity index (χ1n) is 6.42. The molecule has 1 aromatic heterocycles. The minimum absolute atomic E-state index is 0.343. The zero-order valence-corrected chi connectivity index (χ0v) is 11.9. The SMILES string of the molecule is CC(C)CCC(C)n1c(N)nc2c(Cl)cccc21. The fraction of sp³-hybridized carbons (Fsp3) is 0.500. The molecule has 18 heavy (non-hydrogen) atoms. The van der Waals surface area contributed by atoms with Crippen LogP contribution in [0.25, 0.3) is 11.0 Å². The van der Waals surface area contributed by atoms with Crippen molar-refractivity contribution in [1.29, 1.82) is 0 Å². The third-order valence-corrected chi connectivity index (χ3v) is 3.61. The topological polar surface area (TPSA) is 43.8 Å². The van der Waals surface area contributed by atoms with Crippen LogP contribution in [0.15, 0.2) is 18.2 Å². The highest BCUT2D eigenvalue weighted by molar-refractivity contribution is 6.35. The van der Waals surface area contributed by atoms with Crippen LogP contribution in [0.5, 0.6) is 0 Å². The third kappa shape index (κ3) is 2.46. The van der Waals surface area contributed by atoms with Gasteiger partial charge in [-0.1, -0.05) is 31.5 Å². The Kier molecular flexibility index (Phi) is 3.81. The lowest BCUT2D eigenvalue weighted by molar-refractivity contribution is 0.450. The van der Waals surface area contributed by atoms with Gasteiger partial charge in [0.2, 0.25) is 5.95 Å². The Labute approximate surface area is 113 Å². The van der Waals surface area contributed by atoms with Crippen molar-refractivity contribution in [3.05, 3.63) is 23.2 Å². The molecule has 2 aromatic rings. The average molecular weight is 266 g/mol. The van der Waals surface area contributed by atoms with Crippen LogP contribution in [0.1, 0.15) is 39.7 Å². The van der Waals surface area contributed by atoms with E-state index < -0.39 is 0 Å². The van der Waals surface area contributed by atoms with Crippen molar-refractivity contribution in [1.82, 2.24) is 9.55 Å². The van der Waals surface area contributed by atoms with E-state index in [9.17, 15) is 0 Å². The van der Waals surface area contributed by atoms with E-state index >= 15 is 0 Å². The summed E-state index contributed by atoms with van der Waals surface area (Å²) in [5.41, 5.74) is 7.85. The molecule has 0 fully saturated rings. The highest BCUT2D eigenvalue weighted by Gasteiger charge is 2.15. The van der Waals surface area contributed by atoms with Gasteiger partial charge in [-0.05, 0) is 37.8 Å². The summed E-state index contributed by atoms with van der Waals surface area (Å²) >= 11 is 6.14. The van der Waals surface area contributed by atoms with Gasteiger partial charge in [-0.2, -0.15) is 0 Å². The van der Waals surface area contributed by atoms with Gasteiger partial charge in [-0.15, -0.1) is 0 Å². The predicted molar refractivity (Wildman–Crippen MR) is 77.9 cm³/mol. The van der Waals surface area contributed by atoms with Gasteiger partial charge in [-0.25, -0.2) is 4.98 Å². The number of anilines is 1. The number of imidazole rings is 1. The van der Waals surface area contributed by atoms with Crippen LogP contribution in [0.4, 0.5) is 5.95 Å². The van der Waals surface area contributed by atoms with Crippen LogP contribution in [-0.4, -0.2) is 9.55 Å². The average Bonchev–Trinajstić information content (AvgIpc) is 2.64. The molecular formula is C14H20ClN3. The molecule has 0 aliphatic carbocycles. The second kappa shape index (κ2) is 5.19. The monoisotopic (exact) mass is 265 g/mol. The zero-order valence-electron chi connectivity index (χ0n) is 11.2. The van der Waals surface area contributed by atoms with Gasteiger partial charge < -0.3 is 10.3 Å². The molecule has 0 aliphatic rings. The summed E-state index contributed by atoms with van der Waals surface area (Å²) in [4.78, 5) is 4.37.